The number of halogens is 1. The number of pyridine rings is 1. The SMILES string of the molecule is CCN1CCC(Nc2cc(C)cnc2Cl)CC1. The van der Waals surface area contributed by atoms with Gasteiger partial charge in [-0.25, -0.2) is 4.98 Å². The molecule has 0 aromatic carbocycles. The van der Waals surface area contributed by atoms with Gasteiger partial charge in [-0.2, -0.15) is 0 Å². The lowest BCUT2D eigenvalue weighted by Crippen LogP contribution is -2.38. The number of piperidine rings is 1. The molecule has 0 unspecified atom stereocenters. The van der Waals surface area contributed by atoms with E-state index in [9.17, 15) is 0 Å². The molecular formula is C13H20ClN3. The standard InChI is InChI=1S/C13H20ClN3/c1-3-17-6-4-11(5-7-17)16-12-8-10(2)9-15-13(12)14/h8-9,11,16H,3-7H2,1-2H3. The molecule has 1 aromatic rings. The van der Waals surface area contributed by atoms with E-state index < -0.39 is 0 Å². The van der Waals surface area contributed by atoms with E-state index in [0.29, 0.717) is 11.2 Å². The van der Waals surface area contributed by atoms with E-state index in [1.54, 1.807) is 6.20 Å². The Bertz CT molecular complexity index is 373. The number of nitrogens with zero attached hydrogens (tertiary/aromatic N) is 2. The molecule has 1 aliphatic rings. The molecule has 17 heavy (non-hydrogen) atoms. The molecule has 0 saturated carbocycles. The molecule has 1 aliphatic heterocycles. The van der Waals surface area contributed by atoms with Crippen LogP contribution in [0.5, 0.6) is 0 Å². The van der Waals surface area contributed by atoms with Crippen molar-refractivity contribution in [3.05, 3.63) is 23.0 Å². The predicted molar refractivity (Wildman–Crippen MR) is 72.7 cm³/mol. The average molecular weight is 254 g/mol. The van der Waals surface area contributed by atoms with Crippen molar-refractivity contribution < 1.29 is 0 Å². The van der Waals surface area contributed by atoms with Crippen molar-refractivity contribution in [2.45, 2.75) is 32.7 Å². The average Bonchev–Trinajstić information content (AvgIpc) is 2.35. The molecule has 1 N–H and O–H groups in total. The van der Waals surface area contributed by atoms with Crippen LogP contribution >= 0.6 is 11.6 Å². The zero-order chi connectivity index (χ0) is 12.3. The second-order valence-electron chi connectivity index (χ2n) is 4.70. The van der Waals surface area contributed by atoms with E-state index in [-0.39, 0.29) is 0 Å². The van der Waals surface area contributed by atoms with E-state index in [0.717, 1.165) is 17.8 Å². The molecule has 94 valence electrons. The van der Waals surface area contributed by atoms with Gasteiger partial charge in [-0.3, -0.25) is 0 Å². The van der Waals surface area contributed by atoms with Crippen LogP contribution in [0.4, 0.5) is 5.69 Å². The molecular weight excluding hydrogens is 234 g/mol. The van der Waals surface area contributed by atoms with Gasteiger partial charge in [0, 0.05) is 25.3 Å². The zero-order valence-corrected chi connectivity index (χ0v) is 11.3. The summed E-state index contributed by atoms with van der Waals surface area (Å²) < 4.78 is 0. The van der Waals surface area contributed by atoms with Gasteiger partial charge in [0.15, 0.2) is 5.15 Å². The van der Waals surface area contributed by atoms with Crippen molar-refractivity contribution in [2.24, 2.45) is 0 Å². The Kier molecular flexibility index (Phi) is 4.24. The van der Waals surface area contributed by atoms with E-state index in [1.807, 2.05) is 6.92 Å². The number of hydrogen-bond acceptors (Lipinski definition) is 3. The van der Waals surface area contributed by atoms with Gasteiger partial charge >= 0.3 is 0 Å². The van der Waals surface area contributed by atoms with Crippen LogP contribution in [0.25, 0.3) is 0 Å². The summed E-state index contributed by atoms with van der Waals surface area (Å²) in [5, 5.41) is 4.09. The molecule has 0 atom stereocenters. The quantitative estimate of drug-likeness (QED) is 0.840. The number of anilines is 1. The van der Waals surface area contributed by atoms with Crippen molar-refractivity contribution in [1.29, 1.82) is 0 Å². The highest BCUT2D eigenvalue weighted by molar-refractivity contribution is 6.31. The molecule has 1 saturated heterocycles. The summed E-state index contributed by atoms with van der Waals surface area (Å²) in [4.78, 5) is 6.65. The number of rotatable bonds is 3. The molecule has 3 nitrogen and oxygen atoms in total. The minimum absolute atomic E-state index is 0.527. The van der Waals surface area contributed by atoms with Gasteiger partial charge in [0.25, 0.3) is 0 Å². The summed E-state index contributed by atoms with van der Waals surface area (Å²) in [5.74, 6) is 0. The van der Waals surface area contributed by atoms with Crippen LogP contribution in [0.15, 0.2) is 12.3 Å². The minimum Gasteiger partial charge on any atom is -0.380 e. The highest BCUT2D eigenvalue weighted by Crippen LogP contribution is 2.23. The minimum atomic E-state index is 0.527. The first-order chi connectivity index (χ1) is 8.19. The Labute approximate surface area is 108 Å². The summed E-state index contributed by atoms with van der Waals surface area (Å²) in [6.45, 7) is 7.75. The highest BCUT2D eigenvalue weighted by Gasteiger charge is 2.18. The van der Waals surface area contributed by atoms with E-state index in [4.69, 9.17) is 11.6 Å². The molecule has 2 heterocycles. The van der Waals surface area contributed by atoms with Crippen molar-refractivity contribution >= 4 is 17.3 Å². The third-order valence-corrected chi connectivity index (χ3v) is 3.67. The Hall–Kier alpha value is -0.800. The number of nitrogens with one attached hydrogen (secondary N) is 1. The second-order valence-corrected chi connectivity index (χ2v) is 5.06. The largest absolute Gasteiger partial charge is 0.380 e. The third kappa shape index (κ3) is 3.33. The number of aromatic nitrogens is 1. The monoisotopic (exact) mass is 253 g/mol. The van der Waals surface area contributed by atoms with Crippen molar-refractivity contribution in [2.75, 3.05) is 25.0 Å². The fourth-order valence-electron chi connectivity index (χ4n) is 2.27. The van der Waals surface area contributed by atoms with E-state index in [1.165, 1.54) is 25.9 Å². The topological polar surface area (TPSA) is 28.2 Å². The first-order valence-corrected chi connectivity index (χ1v) is 6.68. The Balaban J connectivity index is 1.95. The molecule has 1 fully saturated rings. The van der Waals surface area contributed by atoms with Crippen LogP contribution in [-0.2, 0) is 0 Å². The molecule has 4 heteroatoms. The van der Waals surface area contributed by atoms with Crippen molar-refractivity contribution in [3.63, 3.8) is 0 Å². The van der Waals surface area contributed by atoms with E-state index in [2.05, 4.69) is 28.2 Å². The summed E-state index contributed by atoms with van der Waals surface area (Å²) in [6, 6.07) is 2.60. The maximum atomic E-state index is 6.09. The highest BCUT2D eigenvalue weighted by atomic mass is 35.5. The fourth-order valence-corrected chi connectivity index (χ4v) is 2.43. The molecule has 0 amide bonds. The molecule has 0 radical (unpaired) electrons. The summed E-state index contributed by atoms with van der Waals surface area (Å²) >= 11 is 6.09. The van der Waals surface area contributed by atoms with Gasteiger partial charge in [-0.05, 0) is 37.9 Å². The first kappa shape index (κ1) is 12.7. The van der Waals surface area contributed by atoms with Crippen molar-refractivity contribution in [1.82, 2.24) is 9.88 Å². The third-order valence-electron chi connectivity index (χ3n) is 3.37. The lowest BCUT2D eigenvalue weighted by molar-refractivity contribution is 0.229. The Morgan fingerprint density at radius 3 is 2.82 bits per heavy atom. The van der Waals surface area contributed by atoms with Gasteiger partial charge in [0.2, 0.25) is 0 Å². The van der Waals surface area contributed by atoms with Crippen LogP contribution in [0.3, 0.4) is 0 Å². The molecule has 0 bridgehead atoms. The predicted octanol–water partition coefficient (Wildman–Crippen LogP) is 2.94. The van der Waals surface area contributed by atoms with Gasteiger partial charge < -0.3 is 10.2 Å². The van der Waals surface area contributed by atoms with Gasteiger partial charge in [0.05, 0.1) is 5.69 Å². The number of likely N-dealkylation sites (tertiary alicyclic amines) is 1. The lowest BCUT2D eigenvalue weighted by Gasteiger charge is -2.32. The molecule has 2 rings (SSSR count). The second kappa shape index (κ2) is 5.69. The van der Waals surface area contributed by atoms with Crippen LogP contribution in [-0.4, -0.2) is 35.6 Å². The zero-order valence-electron chi connectivity index (χ0n) is 10.5. The van der Waals surface area contributed by atoms with Crippen LogP contribution in [0, 0.1) is 6.92 Å². The Morgan fingerprint density at radius 1 is 1.47 bits per heavy atom. The van der Waals surface area contributed by atoms with Crippen molar-refractivity contribution in [3.8, 4) is 0 Å². The van der Waals surface area contributed by atoms with Gasteiger partial charge in [0.1, 0.15) is 0 Å². The smallest absolute Gasteiger partial charge is 0.152 e. The maximum Gasteiger partial charge on any atom is 0.152 e. The van der Waals surface area contributed by atoms with Crippen LogP contribution in [0.2, 0.25) is 5.15 Å². The Morgan fingerprint density at radius 2 is 2.18 bits per heavy atom. The lowest BCUT2D eigenvalue weighted by atomic mass is 10.0. The van der Waals surface area contributed by atoms with E-state index >= 15 is 0 Å². The number of hydrogen-bond donors (Lipinski definition) is 1. The summed E-state index contributed by atoms with van der Waals surface area (Å²) in [7, 11) is 0. The van der Waals surface area contributed by atoms with Gasteiger partial charge in [-0.1, -0.05) is 18.5 Å². The van der Waals surface area contributed by atoms with Gasteiger partial charge in [-0.15, -0.1) is 0 Å². The molecule has 0 spiro atoms. The molecule has 0 aliphatic carbocycles. The summed E-state index contributed by atoms with van der Waals surface area (Å²) in [6.07, 6.45) is 4.16. The maximum absolute atomic E-state index is 6.09. The van der Waals surface area contributed by atoms with Crippen LogP contribution in [0.1, 0.15) is 25.3 Å². The fraction of sp³-hybridized carbons (Fsp3) is 0.615. The normalized spacial score (nSPS) is 18.3. The van der Waals surface area contributed by atoms with Crippen LogP contribution < -0.4 is 5.32 Å². The number of aryl methyl sites for hydroxylation is 1. The summed E-state index contributed by atoms with van der Waals surface area (Å²) in [5.41, 5.74) is 2.12. The first-order valence-electron chi connectivity index (χ1n) is 6.30. The molecule has 1 aromatic heterocycles.